The Balaban J connectivity index is 2.24. The van der Waals surface area contributed by atoms with Gasteiger partial charge in [-0.05, 0) is 52.5 Å². The van der Waals surface area contributed by atoms with Crippen LogP contribution in [0.15, 0.2) is 12.3 Å². The van der Waals surface area contributed by atoms with E-state index in [1.54, 1.807) is 0 Å². The predicted molar refractivity (Wildman–Crippen MR) is 90.8 cm³/mol. The highest BCUT2D eigenvalue weighted by Crippen LogP contribution is 2.34. The number of anilines is 1. The highest BCUT2D eigenvalue weighted by Gasteiger charge is 2.31. The summed E-state index contributed by atoms with van der Waals surface area (Å²) in [4.78, 5) is 7.13. The zero-order chi connectivity index (χ0) is 15.6. The first kappa shape index (κ1) is 16.3. The molecule has 2 rings (SSSR count). The van der Waals surface area contributed by atoms with Crippen molar-refractivity contribution in [3.8, 4) is 0 Å². The fraction of sp³-hybridized carbons (Fsp3) is 0.722. The van der Waals surface area contributed by atoms with Crippen LogP contribution in [0.3, 0.4) is 0 Å². The Morgan fingerprint density at radius 1 is 1.33 bits per heavy atom. The molecule has 1 aliphatic rings. The van der Waals surface area contributed by atoms with Gasteiger partial charge < -0.3 is 10.2 Å². The Morgan fingerprint density at radius 3 is 2.52 bits per heavy atom. The molecule has 3 nitrogen and oxygen atoms in total. The van der Waals surface area contributed by atoms with Gasteiger partial charge in [0.25, 0.3) is 0 Å². The van der Waals surface area contributed by atoms with Crippen LogP contribution in [0.1, 0.15) is 58.7 Å². The van der Waals surface area contributed by atoms with Crippen molar-refractivity contribution in [1.29, 1.82) is 0 Å². The third-order valence-corrected chi connectivity index (χ3v) is 3.77. The molecule has 0 aliphatic heterocycles. The average Bonchev–Trinajstić information content (AvgIpc) is 3.17. The molecule has 0 spiro atoms. The summed E-state index contributed by atoms with van der Waals surface area (Å²) in [6.07, 6.45) is 4.72. The topological polar surface area (TPSA) is 28.2 Å². The van der Waals surface area contributed by atoms with Gasteiger partial charge in [-0.3, -0.25) is 4.98 Å². The molecule has 21 heavy (non-hydrogen) atoms. The highest BCUT2D eigenvalue weighted by atomic mass is 15.2. The van der Waals surface area contributed by atoms with Crippen molar-refractivity contribution in [3.63, 3.8) is 0 Å². The van der Waals surface area contributed by atoms with Crippen LogP contribution < -0.4 is 10.2 Å². The van der Waals surface area contributed by atoms with Crippen LogP contribution in [-0.2, 0) is 6.54 Å². The Hall–Kier alpha value is -1.09. The number of aryl methyl sites for hydroxylation is 1. The molecule has 0 saturated heterocycles. The van der Waals surface area contributed by atoms with Gasteiger partial charge in [0.1, 0.15) is 0 Å². The Kier molecular flexibility index (Phi) is 4.92. The van der Waals surface area contributed by atoms with Crippen LogP contribution in [0.2, 0.25) is 0 Å². The van der Waals surface area contributed by atoms with Crippen molar-refractivity contribution in [2.24, 2.45) is 5.92 Å². The molecule has 1 heterocycles. The van der Waals surface area contributed by atoms with E-state index in [1.807, 2.05) is 0 Å². The molecular weight excluding hydrogens is 258 g/mol. The summed E-state index contributed by atoms with van der Waals surface area (Å²) in [6.45, 7) is 15.3. The van der Waals surface area contributed by atoms with Gasteiger partial charge in [0.05, 0.1) is 0 Å². The molecule has 0 radical (unpaired) electrons. The molecule has 1 saturated carbocycles. The average molecular weight is 289 g/mol. The lowest BCUT2D eigenvalue weighted by atomic mass is 10.1. The molecule has 0 atom stereocenters. The number of hydrogen-bond acceptors (Lipinski definition) is 3. The summed E-state index contributed by atoms with van der Waals surface area (Å²) >= 11 is 0. The predicted octanol–water partition coefficient (Wildman–Crippen LogP) is 3.90. The van der Waals surface area contributed by atoms with Gasteiger partial charge >= 0.3 is 0 Å². The van der Waals surface area contributed by atoms with Gasteiger partial charge in [-0.15, -0.1) is 0 Å². The van der Waals surface area contributed by atoms with Crippen LogP contribution in [0.5, 0.6) is 0 Å². The second-order valence-electron chi connectivity index (χ2n) is 7.84. The highest BCUT2D eigenvalue weighted by molar-refractivity contribution is 5.55. The fourth-order valence-electron chi connectivity index (χ4n) is 2.56. The maximum Gasteiger partial charge on any atom is 0.0448 e. The van der Waals surface area contributed by atoms with E-state index in [0.717, 1.165) is 24.8 Å². The van der Waals surface area contributed by atoms with Gasteiger partial charge in [0, 0.05) is 47.8 Å². The lowest BCUT2D eigenvalue weighted by Crippen LogP contribution is -2.36. The molecule has 118 valence electrons. The largest absolute Gasteiger partial charge is 0.368 e. The van der Waals surface area contributed by atoms with Crippen molar-refractivity contribution in [2.75, 3.05) is 11.4 Å². The van der Waals surface area contributed by atoms with Gasteiger partial charge in [0.2, 0.25) is 0 Å². The van der Waals surface area contributed by atoms with E-state index in [2.05, 4.69) is 69.0 Å². The number of nitrogens with zero attached hydrogens (tertiary/aromatic N) is 2. The summed E-state index contributed by atoms with van der Waals surface area (Å²) in [5, 5.41) is 3.60. The molecule has 0 unspecified atom stereocenters. The minimum Gasteiger partial charge on any atom is -0.368 e. The summed E-state index contributed by atoms with van der Waals surface area (Å²) in [6, 6.07) is 3.00. The Morgan fingerprint density at radius 2 is 2.00 bits per heavy atom. The third kappa shape index (κ3) is 4.99. The van der Waals surface area contributed by atoms with Crippen molar-refractivity contribution >= 4 is 5.69 Å². The second-order valence-corrected chi connectivity index (χ2v) is 7.84. The molecule has 3 heteroatoms. The summed E-state index contributed by atoms with van der Waals surface area (Å²) < 4.78 is 0. The number of aromatic nitrogens is 1. The lowest BCUT2D eigenvalue weighted by molar-refractivity contribution is 0.423. The van der Waals surface area contributed by atoms with Gasteiger partial charge in [-0.2, -0.15) is 0 Å². The number of hydrogen-bond donors (Lipinski definition) is 1. The van der Waals surface area contributed by atoms with E-state index in [4.69, 9.17) is 0 Å². The Bertz CT molecular complexity index is 470. The second kappa shape index (κ2) is 6.35. The molecule has 1 N–H and O–H groups in total. The van der Waals surface area contributed by atoms with Crippen LogP contribution >= 0.6 is 0 Å². The minimum absolute atomic E-state index is 0.130. The van der Waals surface area contributed by atoms with Crippen LogP contribution in [0.4, 0.5) is 5.69 Å². The van der Waals surface area contributed by atoms with E-state index in [1.165, 1.54) is 24.1 Å². The van der Waals surface area contributed by atoms with E-state index in [-0.39, 0.29) is 5.54 Å². The van der Waals surface area contributed by atoms with Crippen molar-refractivity contribution in [2.45, 2.75) is 72.5 Å². The number of pyridine rings is 1. The standard InChI is InChI=1S/C18H31N3/c1-13(2)12-21(16-7-8-16)17-9-14(3)19-10-15(17)11-20-18(4,5)6/h9-10,13,16,20H,7-8,11-12H2,1-6H3. The van der Waals surface area contributed by atoms with Gasteiger partial charge in [-0.25, -0.2) is 0 Å². The molecule has 0 aromatic carbocycles. The first-order valence-electron chi connectivity index (χ1n) is 8.23. The van der Waals surface area contributed by atoms with E-state index < -0.39 is 0 Å². The smallest absolute Gasteiger partial charge is 0.0448 e. The lowest BCUT2D eigenvalue weighted by Gasteiger charge is -2.30. The quantitative estimate of drug-likeness (QED) is 0.861. The first-order chi connectivity index (χ1) is 9.76. The summed E-state index contributed by atoms with van der Waals surface area (Å²) in [7, 11) is 0. The third-order valence-electron chi connectivity index (χ3n) is 3.77. The van der Waals surface area contributed by atoms with Crippen LogP contribution in [0.25, 0.3) is 0 Å². The number of nitrogens with one attached hydrogen (secondary N) is 1. The van der Waals surface area contributed by atoms with Crippen molar-refractivity contribution in [1.82, 2.24) is 10.3 Å². The molecule has 1 aromatic heterocycles. The zero-order valence-electron chi connectivity index (χ0n) is 14.5. The molecule has 1 aliphatic carbocycles. The van der Waals surface area contributed by atoms with Gasteiger partial charge in [-0.1, -0.05) is 13.8 Å². The fourth-order valence-corrected chi connectivity index (χ4v) is 2.56. The molecule has 1 fully saturated rings. The molecule has 0 bridgehead atoms. The van der Waals surface area contributed by atoms with E-state index in [9.17, 15) is 0 Å². The molecule has 1 aromatic rings. The monoisotopic (exact) mass is 289 g/mol. The first-order valence-corrected chi connectivity index (χ1v) is 8.23. The van der Waals surface area contributed by atoms with E-state index in [0.29, 0.717) is 5.92 Å². The van der Waals surface area contributed by atoms with E-state index >= 15 is 0 Å². The van der Waals surface area contributed by atoms with Crippen molar-refractivity contribution < 1.29 is 0 Å². The van der Waals surface area contributed by atoms with Crippen LogP contribution in [0, 0.1) is 12.8 Å². The summed E-state index contributed by atoms with van der Waals surface area (Å²) in [5.74, 6) is 0.683. The summed E-state index contributed by atoms with van der Waals surface area (Å²) in [5.41, 5.74) is 3.95. The van der Waals surface area contributed by atoms with Crippen LogP contribution in [-0.4, -0.2) is 23.1 Å². The maximum absolute atomic E-state index is 4.52. The van der Waals surface area contributed by atoms with Crippen molar-refractivity contribution in [3.05, 3.63) is 23.5 Å². The minimum atomic E-state index is 0.130. The normalized spacial score (nSPS) is 15.6. The molecular formula is C18H31N3. The SMILES string of the molecule is Cc1cc(N(CC(C)C)C2CC2)c(CNC(C)(C)C)cn1. The number of rotatable bonds is 6. The molecule has 0 amide bonds. The maximum atomic E-state index is 4.52. The van der Waals surface area contributed by atoms with Gasteiger partial charge in [0.15, 0.2) is 0 Å². The Labute approximate surface area is 130 Å². The zero-order valence-corrected chi connectivity index (χ0v) is 14.5.